The number of hydrogen-bond acceptors (Lipinski definition) is 2. The molecule has 5 rings (SSSR count). The minimum atomic E-state index is -0.794. The van der Waals surface area contributed by atoms with Crippen LogP contribution in [-0.2, 0) is 16.6 Å². The van der Waals surface area contributed by atoms with Crippen LogP contribution in [0, 0.1) is 22.7 Å². The Morgan fingerprint density at radius 1 is 1.14 bits per heavy atom. The lowest BCUT2D eigenvalue weighted by molar-refractivity contribution is -0.200. The lowest BCUT2D eigenvalue weighted by Gasteiger charge is -2.53. The van der Waals surface area contributed by atoms with Crippen molar-refractivity contribution in [3.8, 4) is 0 Å². The van der Waals surface area contributed by atoms with Gasteiger partial charge in [0.05, 0.1) is 17.8 Å². The summed E-state index contributed by atoms with van der Waals surface area (Å²) in [5.41, 5.74) is 4.93. The number of aliphatic hydroxyl groups is 1. The molecule has 36 heavy (non-hydrogen) atoms. The topological polar surface area (TPSA) is 45.2 Å². The monoisotopic (exact) mass is 489 g/mol. The number of hydrogen-bond donors (Lipinski definition) is 2. The van der Waals surface area contributed by atoms with Gasteiger partial charge in [0, 0.05) is 22.0 Å². The second kappa shape index (κ2) is 8.60. The fraction of sp³-hybridized carbons (Fsp3) is 0.636. The summed E-state index contributed by atoms with van der Waals surface area (Å²) >= 11 is 0. The maximum absolute atomic E-state index is 10.7. The summed E-state index contributed by atoms with van der Waals surface area (Å²) in [5, 5.41) is 12.1. The Kier molecular flexibility index (Phi) is 6.16. The van der Waals surface area contributed by atoms with Gasteiger partial charge in [-0.3, -0.25) is 0 Å². The van der Waals surface area contributed by atoms with Crippen LogP contribution in [0.15, 0.2) is 48.6 Å². The largest absolute Gasteiger partial charge is 0.388 e. The molecule has 2 N–H and O–H groups in total. The molecule has 2 aromatic rings. The molecule has 3 nitrogen and oxygen atoms in total. The molecule has 0 unspecified atom stereocenters. The van der Waals surface area contributed by atoms with Gasteiger partial charge in [-0.15, -0.1) is 6.58 Å². The van der Waals surface area contributed by atoms with Gasteiger partial charge in [-0.25, -0.2) is 0 Å². The summed E-state index contributed by atoms with van der Waals surface area (Å²) in [5.74, 6) is 1.17. The Bertz CT molecular complexity index is 1180. The number of rotatable bonds is 5. The molecule has 1 saturated carbocycles. The summed E-state index contributed by atoms with van der Waals surface area (Å²) in [6.07, 6.45) is 11.3. The van der Waals surface area contributed by atoms with Crippen molar-refractivity contribution < 1.29 is 9.84 Å². The van der Waals surface area contributed by atoms with Crippen molar-refractivity contribution >= 4 is 10.9 Å². The zero-order chi connectivity index (χ0) is 26.1. The normalized spacial score (nSPS) is 35.2. The second-order valence-electron chi connectivity index (χ2n) is 13.7. The zero-order valence-electron chi connectivity index (χ0n) is 23.6. The molecular weight excluding hydrogens is 442 g/mol. The molecule has 1 saturated heterocycles. The number of aromatic nitrogens is 1. The van der Waals surface area contributed by atoms with Gasteiger partial charge in [0.25, 0.3) is 0 Å². The van der Waals surface area contributed by atoms with Crippen molar-refractivity contribution in [2.45, 2.75) is 110 Å². The lowest BCUT2D eigenvalue weighted by atomic mass is 9.56. The van der Waals surface area contributed by atoms with Gasteiger partial charge < -0.3 is 14.8 Å². The first-order valence-corrected chi connectivity index (χ1v) is 14.1. The summed E-state index contributed by atoms with van der Waals surface area (Å²) in [4.78, 5) is 3.78. The van der Waals surface area contributed by atoms with Crippen molar-refractivity contribution in [3.63, 3.8) is 0 Å². The average molecular weight is 490 g/mol. The maximum atomic E-state index is 10.7. The van der Waals surface area contributed by atoms with Crippen LogP contribution < -0.4 is 0 Å². The first kappa shape index (κ1) is 25.8. The summed E-state index contributed by atoms with van der Waals surface area (Å²) < 4.78 is 6.71. The van der Waals surface area contributed by atoms with Crippen molar-refractivity contribution in [1.82, 2.24) is 4.98 Å². The highest BCUT2D eigenvalue weighted by atomic mass is 16.5. The minimum absolute atomic E-state index is 0.0826. The number of allylic oxidation sites excluding steroid dienone is 2. The molecule has 0 radical (unpaired) electrons. The average Bonchev–Trinajstić information content (AvgIpc) is 3.35. The fourth-order valence-electron chi connectivity index (χ4n) is 8.26. The third-order valence-electron chi connectivity index (χ3n) is 10.9. The van der Waals surface area contributed by atoms with Crippen LogP contribution in [-0.4, -0.2) is 27.9 Å². The van der Waals surface area contributed by atoms with E-state index in [-0.39, 0.29) is 28.5 Å². The molecule has 2 heterocycles. The Hall–Kier alpha value is -1.84. The van der Waals surface area contributed by atoms with Gasteiger partial charge in [0.2, 0.25) is 0 Å². The first-order valence-electron chi connectivity index (χ1n) is 14.1. The van der Waals surface area contributed by atoms with E-state index in [1.54, 1.807) is 5.57 Å². The van der Waals surface area contributed by atoms with Gasteiger partial charge >= 0.3 is 0 Å². The molecular formula is C33H47NO2. The van der Waals surface area contributed by atoms with E-state index in [0.29, 0.717) is 11.8 Å². The maximum Gasteiger partial charge on any atom is 0.0860 e. The highest BCUT2D eigenvalue weighted by Gasteiger charge is 2.59. The molecule has 1 aromatic carbocycles. The van der Waals surface area contributed by atoms with Crippen molar-refractivity contribution in [2.24, 2.45) is 22.7 Å². The number of para-hydroxylation sites is 1. The molecule has 0 bridgehead atoms. The van der Waals surface area contributed by atoms with E-state index in [1.807, 2.05) is 13.8 Å². The van der Waals surface area contributed by atoms with Gasteiger partial charge in [-0.2, -0.15) is 0 Å². The van der Waals surface area contributed by atoms with Crippen LogP contribution in [0.2, 0.25) is 0 Å². The molecule has 6 atom stereocenters. The standard InChI is InChI=1S/C33H47NO2/c1-9-30(3,4)29-24(23-12-10-11-13-25(23)34-29)20-22-15-16-26-32(7)19-18-27(31(5,6)35)36-28(32)17-14-21(2)33(22,26)8/h9-14,22,26-28,34-35H,1,15-20H2,2-8H3/t22-,26-,27-,28-,32-,33-/m0/s1. The molecule has 0 spiro atoms. The smallest absolute Gasteiger partial charge is 0.0860 e. The number of fused-ring (bicyclic) bond motifs is 4. The molecule has 3 heteroatoms. The van der Waals surface area contributed by atoms with Gasteiger partial charge in [0.1, 0.15) is 0 Å². The highest BCUT2D eigenvalue weighted by molar-refractivity contribution is 5.85. The van der Waals surface area contributed by atoms with Crippen LogP contribution in [0.5, 0.6) is 0 Å². The molecule has 1 aliphatic heterocycles. The zero-order valence-corrected chi connectivity index (χ0v) is 23.6. The van der Waals surface area contributed by atoms with Crippen molar-refractivity contribution in [2.75, 3.05) is 0 Å². The number of H-pyrrole nitrogens is 1. The van der Waals surface area contributed by atoms with E-state index in [9.17, 15) is 5.11 Å². The van der Waals surface area contributed by atoms with E-state index < -0.39 is 5.60 Å². The van der Waals surface area contributed by atoms with E-state index >= 15 is 0 Å². The quantitative estimate of drug-likeness (QED) is 0.420. The van der Waals surface area contributed by atoms with Crippen LogP contribution in [0.3, 0.4) is 0 Å². The highest BCUT2D eigenvalue weighted by Crippen LogP contribution is 2.64. The van der Waals surface area contributed by atoms with Crippen LogP contribution in [0.25, 0.3) is 10.9 Å². The first-order chi connectivity index (χ1) is 16.8. The third-order valence-corrected chi connectivity index (χ3v) is 10.9. The second-order valence-corrected chi connectivity index (χ2v) is 13.7. The van der Waals surface area contributed by atoms with Gasteiger partial charge in [0.15, 0.2) is 0 Å². The molecule has 2 aliphatic carbocycles. The summed E-state index contributed by atoms with van der Waals surface area (Å²) in [6, 6.07) is 8.80. The number of nitrogens with one attached hydrogen (secondary N) is 1. The van der Waals surface area contributed by atoms with Crippen LogP contribution in [0.4, 0.5) is 0 Å². The number of aromatic amines is 1. The molecule has 196 valence electrons. The van der Waals surface area contributed by atoms with Crippen LogP contribution >= 0.6 is 0 Å². The summed E-state index contributed by atoms with van der Waals surface area (Å²) in [6.45, 7) is 19.9. The van der Waals surface area contributed by atoms with Crippen LogP contribution in [0.1, 0.15) is 91.8 Å². The number of ether oxygens (including phenoxy) is 1. The Morgan fingerprint density at radius 3 is 2.56 bits per heavy atom. The predicted octanol–water partition coefficient (Wildman–Crippen LogP) is 7.88. The van der Waals surface area contributed by atoms with E-state index in [4.69, 9.17) is 4.74 Å². The molecule has 3 aliphatic rings. The van der Waals surface area contributed by atoms with Gasteiger partial charge in [-0.1, -0.05) is 63.6 Å². The molecule has 1 aromatic heterocycles. The summed E-state index contributed by atoms with van der Waals surface area (Å²) in [7, 11) is 0. The van der Waals surface area contributed by atoms with E-state index in [0.717, 1.165) is 25.7 Å². The molecule has 0 amide bonds. The predicted molar refractivity (Wildman–Crippen MR) is 150 cm³/mol. The lowest BCUT2D eigenvalue weighted by Crippen LogP contribution is -2.54. The Labute approximate surface area is 218 Å². The Balaban J connectivity index is 1.53. The fourth-order valence-corrected chi connectivity index (χ4v) is 8.26. The number of benzene rings is 1. The SMILES string of the molecule is C=CC(C)(C)c1[nH]c2ccccc2c1C[C@@H]1CC[C@H]2[C@]3(C)CC[C@@H](C(C)(C)O)O[C@H]3CC=C(C)[C@@]12C. The van der Waals surface area contributed by atoms with Crippen molar-refractivity contribution in [3.05, 3.63) is 59.8 Å². The van der Waals surface area contributed by atoms with Crippen molar-refractivity contribution in [1.29, 1.82) is 0 Å². The van der Waals surface area contributed by atoms with E-state index in [2.05, 4.69) is 82.6 Å². The molecule has 2 fully saturated rings. The third kappa shape index (κ3) is 3.84. The van der Waals surface area contributed by atoms with E-state index in [1.165, 1.54) is 35.0 Å². The Morgan fingerprint density at radius 2 is 1.86 bits per heavy atom. The van der Waals surface area contributed by atoms with Gasteiger partial charge in [-0.05, 0) is 93.6 Å². The minimum Gasteiger partial charge on any atom is -0.388 e.